The molecule has 1 N–H and O–H groups in total. The lowest BCUT2D eigenvalue weighted by molar-refractivity contribution is 0.163. The number of hydrogen-bond donors (Lipinski definition) is 1. The molecule has 1 aliphatic rings. The molecule has 3 heteroatoms. The van der Waals surface area contributed by atoms with Gasteiger partial charge >= 0.3 is 0 Å². The summed E-state index contributed by atoms with van der Waals surface area (Å²) < 4.78 is 0. The van der Waals surface area contributed by atoms with E-state index in [-0.39, 0.29) is 6.10 Å². The maximum Gasteiger partial charge on any atom is 0.0790 e. The number of aliphatic hydroxyl groups is 1. The molecule has 0 saturated heterocycles. The minimum atomic E-state index is -0.348. The molecule has 0 radical (unpaired) electrons. The summed E-state index contributed by atoms with van der Waals surface area (Å²) in [5.74, 6) is 0.564. The molecule has 3 rings (SSSR count). The molecule has 0 saturated carbocycles. The lowest BCUT2D eigenvalue weighted by Crippen LogP contribution is -2.02. The second kappa shape index (κ2) is 10.6. The normalized spacial score (nSPS) is 18.1. The van der Waals surface area contributed by atoms with Gasteiger partial charge in [-0.2, -0.15) is 0 Å². The first-order valence-electron chi connectivity index (χ1n) is 10.8. The van der Waals surface area contributed by atoms with E-state index in [1.54, 1.807) is 0 Å². The predicted molar refractivity (Wildman–Crippen MR) is 123 cm³/mol. The van der Waals surface area contributed by atoms with Gasteiger partial charge in [0.15, 0.2) is 0 Å². The molecule has 152 valence electrons. The Kier molecular flexibility index (Phi) is 8.20. The molecule has 1 heterocycles. The zero-order chi connectivity index (χ0) is 19.9. The highest BCUT2D eigenvalue weighted by atomic mass is 35.5. The van der Waals surface area contributed by atoms with Crippen molar-refractivity contribution in [2.75, 3.05) is 0 Å². The second-order valence-electron chi connectivity index (χ2n) is 8.09. The van der Waals surface area contributed by atoms with Crippen molar-refractivity contribution in [1.29, 1.82) is 0 Å². The average Bonchev–Trinajstić information content (AvgIpc) is 3.27. The van der Waals surface area contributed by atoms with Crippen molar-refractivity contribution in [2.24, 2.45) is 5.92 Å². The molecule has 1 aliphatic carbocycles. The molecule has 0 spiro atoms. The van der Waals surface area contributed by atoms with Gasteiger partial charge in [0.05, 0.1) is 6.10 Å². The van der Waals surface area contributed by atoms with Gasteiger partial charge < -0.3 is 5.11 Å². The molecule has 1 unspecified atom stereocenters. The third-order valence-corrected chi connectivity index (χ3v) is 7.33. The summed E-state index contributed by atoms with van der Waals surface area (Å²) in [7, 11) is 0. The third-order valence-electron chi connectivity index (χ3n) is 5.87. The number of rotatable bonds is 10. The van der Waals surface area contributed by atoms with Crippen LogP contribution in [0.1, 0.15) is 85.3 Å². The fourth-order valence-electron chi connectivity index (χ4n) is 4.26. The molecule has 0 aliphatic heterocycles. The summed E-state index contributed by atoms with van der Waals surface area (Å²) in [5.41, 5.74) is 3.61. The highest BCUT2D eigenvalue weighted by molar-refractivity contribution is 7.11. The summed E-state index contributed by atoms with van der Waals surface area (Å²) in [6.45, 7) is 4.37. The molecular weight excluding hydrogens is 384 g/mol. The Balaban J connectivity index is 1.59. The van der Waals surface area contributed by atoms with Crippen molar-refractivity contribution in [3.63, 3.8) is 0 Å². The van der Waals surface area contributed by atoms with E-state index in [9.17, 15) is 5.11 Å². The predicted octanol–water partition coefficient (Wildman–Crippen LogP) is 8.05. The van der Waals surface area contributed by atoms with E-state index in [4.69, 9.17) is 11.6 Å². The number of unbranched alkanes of at least 4 members (excludes halogenated alkanes) is 2. The summed E-state index contributed by atoms with van der Waals surface area (Å²) in [6, 6.07) is 13.0. The number of halogens is 1. The van der Waals surface area contributed by atoms with E-state index < -0.39 is 0 Å². The molecule has 1 nitrogen and oxygen atoms in total. The minimum absolute atomic E-state index is 0.348. The molecule has 0 bridgehead atoms. The maximum absolute atomic E-state index is 10.4. The monoisotopic (exact) mass is 416 g/mol. The topological polar surface area (TPSA) is 20.2 Å². The molecule has 2 atom stereocenters. The van der Waals surface area contributed by atoms with Crippen LogP contribution >= 0.6 is 22.9 Å². The van der Waals surface area contributed by atoms with Gasteiger partial charge in [-0.1, -0.05) is 62.1 Å². The first-order valence-corrected chi connectivity index (χ1v) is 12.0. The molecule has 28 heavy (non-hydrogen) atoms. The molecule has 0 amide bonds. The number of hydrogen-bond acceptors (Lipinski definition) is 2. The smallest absolute Gasteiger partial charge is 0.0790 e. The Bertz CT molecular complexity index is 774. The van der Waals surface area contributed by atoms with Crippen LogP contribution in [0.2, 0.25) is 0 Å². The van der Waals surface area contributed by atoms with Gasteiger partial charge in [0.1, 0.15) is 0 Å². The van der Waals surface area contributed by atoms with E-state index in [0.717, 1.165) is 29.9 Å². The van der Waals surface area contributed by atoms with Crippen LogP contribution in [-0.2, 0) is 6.42 Å². The van der Waals surface area contributed by atoms with Crippen LogP contribution in [0.3, 0.4) is 0 Å². The number of benzene rings is 1. The number of allylic oxidation sites excluding steroid dienone is 2. The average molecular weight is 417 g/mol. The standard InChI is InChI=1S/C25H33ClOS/c1-3-4-5-9-24(27)19-11-13-21(14-12-19)25-20(15-17-23(25)26)7-6-8-22-16-10-18(2)28-22/h10-14,16,20,24,27H,3-9,15,17H2,1-2H3/t20-,24?/m0/s1. The van der Waals surface area contributed by atoms with Crippen LogP contribution in [0, 0.1) is 12.8 Å². The van der Waals surface area contributed by atoms with Crippen molar-refractivity contribution in [3.8, 4) is 0 Å². The molecular formula is C25H33ClOS. The number of aryl methyl sites for hydroxylation is 2. The summed E-state index contributed by atoms with van der Waals surface area (Å²) in [5, 5.41) is 11.4. The molecule has 0 fully saturated rings. The lowest BCUT2D eigenvalue weighted by atomic mass is 9.89. The van der Waals surface area contributed by atoms with Gasteiger partial charge in [0.25, 0.3) is 0 Å². The minimum Gasteiger partial charge on any atom is -0.388 e. The maximum atomic E-state index is 10.4. The van der Waals surface area contributed by atoms with Crippen LogP contribution in [0.25, 0.3) is 5.57 Å². The van der Waals surface area contributed by atoms with Gasteiger partial charge in [-0.25, -0.2) is 0 Å². The second-order valence-corrected chi connectivity index (χ2v) is 9.92. The first kappa shape index (κ1) is 21.6. The van der Waals surface area contributed by atoms with Gasteiger partial charge in [-0.3, -0.25) is 0 Å². The van der Waals surface area contributed by atoms with E-state index in [0.29, 0.717) is 5.92 Å². The summed E-state index contributed by atoms with van der Waals surface area (Å²) in [6.07, 6.45) is 9.71. The summed E-state index contributed by atoms with van der Waals surface area (Å²) >= 11 is 8.54. The fourth-order valence-corrected chi connectivity index (χ4v) is 5.57. The van der Waals surface area contributed by atoms with Gasteiger partial charge in [-0.15, -0.1) is 11.3 Å². The van der Waals surface area contributed by atoms with Crippen molar-refractivity contribution >= 4 is 28.5 Å². The Labute approximate surface area is 179 Å². The van der Waals surface area contributed by atoms with E-state index in [1.807, 2.05) is 11.3 Å². The van der Waals surface area contributed by atoms with Crippen LogP contribution < -0.4 is 0 Å². The fraction of sp³-hybridized carbons (Fsp3) is 0.520. The van der Waals surface area contributed by atoms with Crippen LogP contribution in [0.5, 0.6) is 0 Å². The SMILES string of the molecule is CCCCCC(O)c1ccc(C2=C(Cl)CC[C@@H]2CCCc2ccc(C)s2)cc1. The Hall–Kier alpha value is -1.09. The summed E-state index contributed by atoms with van der Waals surface area (Å²) in [4.78, 5) is 2.89. The Morgan fingerprint density at radius 3 is 2.57 bits per heavy atom. The van der Waals surface area contributed by atoms with E-state index in [2.05, 4.69) is 50.2 Å². The van der Waals surface area contributed by atoms with E-state index >= 15 is 0 Å². The van der Waals surface area contributed by atoms with Crippen molar-refractivity contribution < 1.29 is 5.11 Å². The Morgan fingerprint density at radius 2 is 1.89 bits per heavy atom. The Morgan fingerprint density at radius 1 is 1.11 bits per heavy atom. The van der Waals surface area contributed by atoms with Gasteiger partial charge in [-0.05, 0) is 80.2 Å². The van der Waals surface area contributed by atoms with Crippen LogP contribution in [0.15, 0.2) is 41.4 Å². The lowest BCUT2D eigenvalue weighted by Gasteiger charge is -2.17. The molecule has 1 aromatic carbocycles. The largest absolute Gasteiger partial charge is 0.388 e. The van der Waals surface area contributed by atoms with Crippen molar-refractivity contribution in [1.82, 2.24) is 0 Å². The first-order chi connectivity index (χ1) is 13.6. The number of thiophene rings is 1. The third kappa shape index (κ3) is 5.72. The van der Waals surface area contributed by atoms with Crippen LogP contribution in [-0.4, -0.2) is 5.11 Å². The van der Waals surface area contributed by atoms with Crippen LogP contribution in [0.4, 0.5) is 0 Å². The quantitative estimate of drug-likeness (QED) is 0.388. The van der Waals surface area contributed by atoms with Gasteiger partial charge in [0.2, 0.25) is 0 Å². The van der Waals surface area contributed by atoms with Crippen molar-refractivity contribution in [3.05, 3.63) is 62.3 Å². The highest BCUT2D eigenvalue weighted by Gasteiger charge is 2.25. The van der Waals surface area contributed by atoms with E-state index in [1.165, 1.54) is 59.4 Å². The van der Waals surface area contributed by atoms with Crippen molar-refractivity contribution in [2.45, 2.75) is 77.7 Å². The number of aliphatic hydroxyl groups excluding tert-OH is 1. The molecule has 1 aromatic heterocycles. The zero-order valence-corrected chi connectivity index (χ0v) is 18.8. The van der Waals surface area contributed by atoms with Gasteiger partial charge in [0, 0.05) is 14.8 Å². The highest BCUT2D eigenvalue weighted by Crippen LogP contribution is 2.43. The molecule has 2 aromatic rings. The zero-order valence-electron chi connectivity index (χ0n) is 17.2.